The van der Waals surface area contributed by atoms with Crippen molar-refractivity contribution in [2.75, 3.05) is 13.2 Å². The Morgan fingerprint density at radius 2 is 1.57 bits per heavy atom. The van der Waals surface area contributed by atoms with Crippen LogP contribution in [0.4, 0.5) is 0 Å². The minimum atomic E-state index is -0.310. The number of oxazole rings is 2. The first-order chi connectivity index (χ1) is 10.8. The van der Waals surface area contributed by atoms with E-state index in [1.807, 2.05) is 0 Å². The van der Waals surface area contributed by atoms with Crippen molar-refractivity contribution in [1.29, 1.82) is 0 Å². The number of nitrogens with zero attached hydrogens (tertiary/aromatic N) is 2. The molecule has 0 aromatic carbocycles. The molecule has 1 N–H and O–H groups in total. The number of aliphatic hydroxyl groups is 1. The number of esters is 1. The Hall–Kier alpha value is -2.02. The number of rotatable bonds is 5. The summed E-state index contributed by atoms with van der Waals surface area (Å²) in [6.45, 7) is 5.10. The Morgan fingerprint density at radius 1 is 1.09 bits per heavy atom. The fourth-order valence-corrected chi connectivity index (χ4v) is 1.72. The zero-order chi connectivity index (χ0) is 17.4. The summed E-state index contributed by atoms with van der Waals surface area (Å²) in [5.41, 5.74) is 0.746. The molecule has 0 bridgehead atoms. The maximum Gasteiger partial charge on any atom is 0.302 e. The van der Waals surface area contributed by atoms with E-state index in [1.165, 1.54) is 6.92 Å². The van der Waals surface area contributed by atoms with Crippen LogP contribution in [0.25, 0.3) is 0 Å². The zero-order valence-electron chi connectivity index (χ0n) is 13.5. The summed E-state index contributed by atoms with van der Waals surface area (Å²) in [5, 5.41) is 8.51. The highest BCUT2D eigenvalue weighted by molar-refractivity contribution is 6.31. The average Bonchev–Trinajstić information content (AvgIpc) is 2.93. The van der Waals surface area contributed by atoms with Gasteiger partial charge in [-0.15, -0.1) is 0 Å². The molecule has 7 nitrogen and oxygen atoms in total. The van der Waals surface area contributed by atoms with E-state index in [0.29, 0.717) is 47.3 Å². The van der Waals surface area contributed by atoms with Crippen LogP contribution in [0.15, 0.2) is 8.83 Å². The van der Waals surface area contributed by atoms with Crippen LogP contribution in [-0.4, -0.2) is 50.0 Å². The lowest BCUT2D eigenvalue weighted by Crippen LogP contribution is -2.12. The number of carbonyl (C=O) groups excluding carboxylic acids is 1. The fraction of sp³-hybridized carbons (Fsp3) is 0.500. The second kappa shape index (κ2) is 9.19. The molecule has 0 saturated heterocycles. The molecule has 0 atom stereocenters. The summed E-state index contributed by atoms with van der Waals surface area (Å²) in [5.74, 6) is 1.89. The number of ether oxygens (including phenoxy) is 1. The molecule has 0 saturated carbocycles. The molecular formula is C14H18B2N2O5. The first kappa shape index (κ1) is 19.0. The van der Waals surface area contributed by atoms with Crippen LogP contribution in [0.5, 0.6) is 0 Å². The fourth-order valence-electron chi connectivity index (χ4n) is 1.72. The summed E-state index contributed by atoms with van der Waals surface area (Å²) in [6, 6.07) is 0. The zero-order valence-corrected chi connectivity index (χ0v) is 13.5. The molecule has 23 heavy (non-hydrogen) atoms. The Balaban J connectivity index is 0.000000238. The number of aromatic nitrogens is 2. The van der Waals surface area contributed by atoms with E-state index in [4.69, 9.17) is 34.4 Å². The van der Waals surface area contributed by atoms with Crippen molar-refractivity contribution in [3.8, 4) is 0 Å². The first-order valence-corrected chi connectivity index (χ1v) is 7.01. The van der Waals surface area contributed by atoms with Gasteiger partial charge in [-0.25, -0.2) is 9.97 Å². The van der Waals surface area contributed by atoms with Crippen LogP contribution < -0.4 is 11.2 Å². The molecule has 0 fully saturated rings. The standard InChI is InChI=1S/C8H10BNO3.C6H8BNO2/c1-5-10-8(9)7(13-5)3-4-12-6(2)11;1-4-8-6(7)5(10-4)2-3-9/h3-4H2,1-2H3;9H,2-3H2,1H3. The van der Waals surface area contributed by atoms with E-state index in [9.17, 15) is 4.79 Å². The minimum absolute atomic E-state index is 0.0405. The van der Waals surface area contributed by atoms with Gasteiger partial charge >= 0.3 is 5.97 Å². The summed E-state index contributed by atoms with van der Waals surface area (Å²) in [6.07, 6.45) is 0.902. The second-order valence-electron chi connectivity index (χ2n) is 4.65. The number of aliphatic hydroxyl groups excluding tert-OH is 1. The average molecular weight is 316 g/mol. The van der Waals surface area contributed by atoms with Crippen molar-refractivity contribution >= 4 is 32.8 Å². The van der Waals surface area contributed by atoms with Crippen LogP contribution in [0, 0.1) is 13.8 Å². The highest BCUT2D eigenvalue weighted by Crippen LogP contribution is 2.00. The molecule has 2 heterocycles. The minimum Gasteiger partial charge on any atom is -0.465 e. The van der Waals surface area contributed by atoms with Crippen molar-refractivity contribution in [3.05, 3.63) is 23.3 Å². The van der Waals surface area contributed by atoms with Crippen LogP contribution in [0.1, 0.15) is 30.2 Å². The third-order valence-electron chi connectivity index (χ3n) is 2.64. The van der Waals surface area contributed by atoms with Gasteiger partial charge in [0.05, 0.1) is 13.2 Å². The van der Waals surface area contributed by atoms with Crippen LogP contribution in [0.3, 0.4) is 0 Å². The lowest BCUT2D eigenvalue weighted by atomic mass is 10.0. The summed E-state index contributed by atoms with van der Waals surface area (Å²) in [4.78, 5) is 18.1. The van der Waals surface area contributed by atoms with Crippen molar-refractivity contribution in [1.82, 2.24) is 9.97 Å². The molecule has 2 rings (SSSR count). The summed E-state index contributed by atoms with van der Waals surface area (Å²) >= 11 is 0. The molecule has 2 aromatic rings. The van der Waals surface area contributed by atoms with E-state index >= 15 is 0 Å². The van der Waals surface area contributed by atoms with E-state index in [1.54, 1.807) is 13.8 Å². The normalized spacial score (nSPS) is 10.1. The maximum absolute atomic E-state index is 10.4. The van der Waals surface area contributed by atoms with E-state index in [-0.39, 0.29) is 19.2 Å². The third kappa shape index (κ3) is 6.73. The van der Waals surface area contributed by atoms with Crippen molar-refractivity contribution in [2.24, 2.45) is 0 Å². The van der Waals surface area contributed by atoms with Gasteiger partial charge in [-0.05, 0) is 0 Å². The highest BCUT2D eigenvalue weighted by Gasteiger charge is 2.06. The second-order valence-corrected chi connectivity index (χ2v) is 4.65. The quantitative estimate of drug-likeness (QED) is 0.569. The lowest BCUT2D eigenvalue weighted by Gasteiger charge is -1.99. The Bertz CT molecular complexity index is 639. The SMILES string of the molecule is [B]c1nc(C)oc1CCO.[B]c1nc(C)oc1CCOC(C)=O. The van der Waals surface area contributed by atoms with Gasteiger partial charge in [0.25, 0.3) is 0 Å². The molecule has 2 aromatic heterocycles. The number of carbonyl (C=O) groups is 1. The molecule has 0 spiro atoms. The molecule has 0 unspecified atom stereocenters. The van der Waals surface area contributed by atoms with Gasteiger partial charge in [0.15, 0.2) is 11.8 Å². The van der Waals surface area contributed by atoms with Crippen molar-refractivity contribution in [2.45, 2.75) is 33.6 Å². The van der Waals surface area contributed by atoms with Gasteiger partial charge in [0.1, 0.15) is 27.2 Å². The Kier molecular flexibility index (Phi) is 7.61. The number of hydrogen-bond donors (Lipinski definition) is 1. The molecule has 9 heteroatoms. The van der Waals surface area contributed by atoms with Crippen molar-refractivity contribution in [3.63, 3.8) is 0 Å². The first-order valence-electron chi connectivity index (χ1n) is 7.01. The van der Waals surface area contributed by atoms with Gasteiger partial charge < -0.3 is 18.7 Å². The van der Waals surface area contributed by atoms with Gasteiger partial charge in [-0.2, -0.15) is 0 Å². The predicted octanol–water partition coefficient (Wildman–Crippen LogP) is -0.806. The Labute approximate surface area is 137 Å². The number of hydrogen-bond acceptors (Lipinski definition) is 7. The molecule has 0 aliphatic heterocycles. The van der Waals surface area contributed by atoms with Gasteiger partial charge in [-0.1, -0.05) is 0 Å². The largest absolute Gasteiger partial charge is 0.465 e. The van der Waals surface area contributed by atoms with Gasteiger partial charge in [0, 0.05) is 44.8 Å². The van der Waals surface area contributed by atoms with Gasteiger partial charge in [0.2, 0.25) is 0 Å². The number of aryl methyl sites for hydroxylation is 2. The summed E-state index contributed by atoms with van der Waals surface area (Å²) < 4.78 is 15.0. The highest BCUT2D eigenvalue weighted by atomic mass is 16.5. The van der Waals surface area contributed by atoms with Crippen LogP contribution in [-0.2, 0) is 22.4 Å². The predicted molar refractivity (Wildman–Crippen MR) is 84.4 cm³/mol. The molecule has 0 aliphatic carbocycles. The lowest BCUT2D eigenvalue weighted by molar-refractivity contribution is -0.140. The summed E-state index contributed by atoms with van der Waals surface area (Å²) in [7, 11) is 10.9. The topological polar surface area (TPSA) is 98.6 Å². The van der Waals surface area contributed by atoms with Crippen molar-refractivity contribution < 1.29 is 23.5 Å². The molecule has 120 valence electrons. The van der Waals surface area contributed by atoms with Crippen LogP contribution in [0.2, 0.25) is 0 Å². The smallest absolute Gasteiger partial charge is 0.302 e. The molecule has 0 amide bonds. The van der Waals surface area contributed by atoms with Crippen LogP contribution >= 0.6 is 0 Å². The molecular weight excluding hydrogens is 298 g/mol. The third-order valence-corrected chi connectivity index (χ3v) is 2.64. The monoisotopic (exact) mass is 316 g/mol. The Morgan fingerprint density at radius 3 is 1.91 bits per heavy atom. The molecule has 4 radical (unpaired) electrons. The van der Waals surface area contributed by atoms with E-state index < -0.39 is 0 Å². The molecule has 0 aliphatic rings. The van der Waals surface area contributed by atoms with Gasteiger partial charge in [-0.3, -0.25) is 4.79 Å². The van der Waals surface area contributed by atoms with E-state index in [0.717, 1.165) is 0 Å². The van der Waals surface area contributed by atoms with E-state index in [2.05, 4.69) is 9.97 Å². The maximum atomic E-state index is 10.4.